The molecule has 2 amide bonds. The molecule has 1 aliphatic rings. The lowest BCUT2D eigenvalue weighted by Gasteiger charge is -2.28. The Labute approximate surface area is 151 Å². The number of benzene rings is 1. The highest BCUT2D eigenvalue weighted by Crippen LogP contribution is 2.27. The first-order valence-electron chi connectivity index (χ1n) is 9.39. The van der Waals surface area contributed by atoms with E-state index in [1.807, 2.05) is 18.2 Å². The molecule has 0 radical (unpaired) electrons. The zero-order chi connectivity index (χ0) is 18.1. The topological polar surface area (TPSA) is 70.6 Å². The summed E-state index contributed by atoms with van der Waals surface area (Å²) in [5.74, 6) is 0.980. The van der Waals surface area contributed by atoms with Crippen molar-refractivity contribution in [3.05, 3.63) is 35.9 Å². The van der Waals surface area contributed by atoms with Crippen LogP contribution in [0.1, 0.15) is 51.1 Å². The molecule has 0 bridgehead atoms. The van der Waals surface area contributed by atoms with Crippen LogP contribution in [-0.2, 0) is 4.74 Å². The summed E-state index contributed by atoms with van der Waals surface area (Å²) in [6, 6.07) is 9.66. The Hall–Kier alpha value is -1.59. The van der Waals surface area contributed by atoms with E-state index in [0.29, 0.717) is 11.8 Å². The predicted molar refractivity (Wildman–Crippen MR) is 99.3 cm³/mol. The van der Waals surface area contributed by atoms with Crippen LogP contribution in [0.15, 0.2) is 30.3 Å². The molecule has 2 atom stereocenters. The third kappa shape index (κ3) is 7.04. The maximum absolute atomic E-state index is 12.5. The van der Waals surface area contributed by atoms with Crippen molar-refractivity contribution in [2.24, 2.45) is 11.8 Å². The molecule has 1 aliphatic heterocycles. The number of carbonyl (C=O) groups is 1. The lowest BCUT2D eigenvalue weighted by Crippen LogP contribution is -2.45. The molecule has 5 heteroatoms. The van der Waals surface area contributed by atoms with E-state index in [1.165, 1.54) is 0 Å². The summed E-state index contributed by atoms with van der Waals surface area (Å²) in [7, 11) is 0. The van der Waals surface area contributed by atoms with Gasteiger partial charge >= 0.3 is 6.03 Å². The number of carbonyl (C=O) groups excluding carboxylic acids is 1. The van der Waals surface area contributed by atoms with E-state index in [2.05, 4.69) is 36.6 Å². The second-order valence-corrected chi connectivity index (χ2v) is 7.38. The highest BCUT2D eigenvalue weighted by Gasteiger charge is 2.23. The molecule has 0 aromatic heterocycles. The Morgan fingerprint density at radius 2 is 1.88 bits per heavy atom. The van der Waals surface area contributed by atoms with Gasteiger partial charge in [-0.1, -0.05) is 44.2 Å². The molecule has 3 N–H and O–H groups in total. The standard InChI is InChI=1S/C20H32N2O3/c1-15(2)12-18(14-23)21-20(24)22-19(17-6-4-3-5-7-17)13-16-8-10-25-11-9-16/h3-7,15-16,18-19,23H,8-14H2,1-2H3,(H2,21,22,24). The number of nitrogens with one attached hydrogen (secondary N) is 2. The molecular formula is C20H32N2O3. The van der Waals surface area contributed by atoms with Crippen molar-refractivity contribution in [2.45, 2.75) is 51.6 Å². The molecule has 1 heterocycles. The van der Waals surface area contributed by atoms with Crippen LogP contribution in [0.25, 0.3) is 0 Å². The smallest absolute Gasteiger partial charge is 0.315 e. The number of hydrogen-bond acceptors (Lipinski definition) is 3. The van der Waals surface area contributed by atoms with Crippen molar-refractivity contribution >= 4 is 6.03 Å². The number of hydrogen-bond donors (Lipinski definition) is 3. The predicted octanol–water partition coefficient (Wildman–Crippen LogP) is 3.25. The van der Waals surface area contributed by atoms with Crippen molar-refractivity contribution in [1.82, 2.24) is 10.6 Å². The number of urea groups is 1. The summed E-state index contributed by atoms with van der Waals surface area (Å²) in [4.78, 5) is 12.5. The van der Waals surface area contributed by atoms with Gasteiger partial charge < -0.3 is 20.5 Å². The third-order valence-corrected chi connectivity index (χ3v) is 4.73. The molecule has 1 fully saturated rings. The van der Waals surface area contributed by atoms with E-state index in [-0.39, 0.29) is 24.7 Å². The quantitative estimate of drug-likeness (QED) is 0.675. The molecule has 140 valence electrons. The Kier molecular flexibility index (Phi) is 8.22. The van der Waals surface area contributed by atoms with Crippen LogP contribution < -0.4 is 10.6 Å². The van der Waals surface area contributed by atoms with Gasteiger partial charge in [-0.25, -0.2) is 4.79 Å². The zero-order valence-electron chi connectivity index (χ0n) is 15.4. The van der Waals surface area contributed by atoms with E-state index >= 15 is 0 Å². The maximum atomic E-state index is 12.5. The number of aliphatic hydroxyl groups excluding tert-OH is 1. The SMILES string of the molecule is CC(C)CC(CO)NC(=O)NC(CC1CCOCC1)c1ccccc1. The number of ether oxygens (including phenoxy) is 1. The van der Waals surface area contributed by atoms with Crippen molar-refractivity contribution < 1.29 is 14.6 Å². The number of amides is 2. The minimum atomic E-state index is -0.209. The van der Waals surface area contributed by atoms with Gasteiger partial charge in [0.25, 0.3) is 0 Å². The van der Waals surface area contributed by atoms with Gasteiger partial charge in [-0.15, -0.1) is 0 Å². The Morgan fingerprint density at radius 3 is 2.48 bits per heavy atom. The monoisotopic (exact) mass is 348 g/mol. The van der Waals surface area contributed by atoms with E-state index in [1.54, 1.807) is 0 Å². The summed E-state index contributed by atoms with van der Waals surface area (Å²) >= 11 is 0. The molecule has 2 unspecified atom stereocenters. The minimum absolute atomic E-state index is 0.0253. The molecular weight excluding hydrogens is 316 g/mol. The van der Waals surface area contributed by atoms with E-state index in [9.17, 15) is 9.90 Å². The van der Waals surface area contributed by atoms with Crippen LogP contribution in [0, 0.1) is 11.8 Å². The largest absolute Gasteiger partial charge is 0.394 e. The minimum Gasteiger partial charge on any atom is -0.394 e. The van der Waals surface area contributed by atoms with Crippen LogP contribution in [0.5, 0.6) is 0 Å². The molecule has 0 saturated carbocycles. The summed E-state index contributed by atoms with van der Waals surface area (Å²) in [6.45, 7) is 5.74. The molecule has 1 aromatic rings. The lowest BCUT2D eigenvalue weighted by molar-refractivity contribution is 0.0608. The summed E-state index contributed by atoms with van der Waals surface area (Å²) in [5.41, 5.74) is 1.12. The van der Waals surface area contributed by atoms with Crippen molar-refractivity contribution in [2.75, 3.05) is 19.8 Å². The zero-order valence-corrected chi connectivity index (χ0v) is 15.4. The molecule has 0 aliphatic carbocycles. The molecule has 5 nitrogen and oxygen atoms in total. The van der Waals surface area contributed by atoms with Crippen LogP contribution in [0.2, 0.25) is 0 Å². The van der Waals surface area contributed by atoms with E-state index in [0.717, 1.165) is 44.5 Å². The van der Waals surface area contributed by atoms with Crippen LogP contribution >= 0.6 is 0 Å². The third-order valence-electron chi connectivity index (χ3n) is 4.73. The number of rotatable bonds is 8. The van der Waals surface area contributed by atoms with Crippen LogP contribution in [0.4, 0.5) is 4.79 Å². The summed E-state index contributed by atoms with van der Waals surface area (Å²) < 4.78 is 5.44. The van der Waals surface area contributed by atoms with Gasteiger partial charge in [-0.3, -0.25) is 0 Å². The summed E-state index contributed by atoms with van der Waals surface area (Å²) in [6.07, 6.45) is 3.76. The fraction of sp³-hybridized carbons (Fsp3) is 0.650. The Balaban J connectivity index is 1.98. The fourth-order valence-electron chi connectivity index (χ4n) is 3.41. The second kappa shape index (κ2) is 10.4. The lowest BCUT2D eigenvalue weighted by atomic mass is 9.89. The van der Waals surface area contributed by atoms with Crippen LogP contribution in [0.3, 0.4) is 0 Å². The van der Waals surface area contributed by atoms with Gasteiger partial charge in [-0.2, -0.15) is 0 Å². The first kappa shape index (κ1) is 19.7. The average Bonchev–Trinajstić information content (AvgIpc) is 2.62. The van der Waals surface area contributed by atoms with Crippen molar-refractivity contribution in [1.29, 1.82) is 0 Å². The molecule has 25 heavy (non-hydrogen) atoms. The molecule has 2 rings (SSSR count). The maximum Gasteiger partial charge on any atom is 0.315 e. The highest BCUT2D eigenvalue weighted by atomic mass is 16.5. The Morgan fingerprint density at radius 1 is 1.20 bits per heavy atom. The Bertz CT molecular complexity index is 501. The normalized spacial score (nSPS) is 17.9. The van der Waals surface area contributed by atoms with Gasteiger partial charge in [0.2, 0.25) is 0 Å². The number of aliphatic hydroxyl groups is 1. The first-order valence-corrected chi connectivity index (χ1v) is 9.39. The summed E-state index contributed by atoms with van der Waals surface area (Å²) in [5, 5.41) is 15.5. The van der Waals surface area contributed by atoms with Gasteiger partial charge in [0.15, 0.2) is 0 Å². The van der Waals surface area contributed by atoms with Crippen molar-refractivity contribution in [3.63, 3.8) is 0 Å². The molecule has 1 saturated heterocycles. The van der Waals surface area contributed by atoms with Gasteiger partial charge in [0.05, 0.1) is 18.7 Å². The molecule has 0 spiro atoms. The van der Waals surface area contributed by atoms with Gasteiger partial charge in [0, 0.05) is 13.2 Å². The van der Waals surface area contributed by atoms with Crippen molar-refractivity contribution in [3.8, 4) is 0 Å². The first-order chi connectivity index (χ1) is 12.1. The van der Waals surface area contributed by atoms with Crippen LogP contribution in [-0.4, -0.2) is 37.0 Å². The second-order valence-electron chi connectivity index (χ2n) is 7.38. The van der Waals surface area contributed by atoms with E-state index in [4.69, 9.17) is 4.74 Å². The molecule has 1 aromatic carbocycles. The van der Waals surface area contributed by atoms with Gasteiger partial charge in [-0.05, 0) is 43.1 Å². The highest BCUT2D eigenvalue weighted by molar-refractivity contribution is 5.74. The van der Waals surface area contributed by atoms with Gasteiger partial charge in [0.1, 0.15) is 0 Å². The van der Waals surface area contributed by atoms with E-state index < -0.39 is 0 Å². The average molecular weight is 348 g/mol. The fourth-order valence-corrected chi connectivity index (χ4v) is 3.41.